The van der Waals surface area contributed by atoms with Crippen molar-refractivity contribution >= 4 is 28.0 Å². The van der Waals surface area contributed by atoms with Crippen LogP contribution in [0.2, 0.25) is 0 Å². The highest BCUT2D eigenvalue weighted by Gasteiger charge is 2.23. The van der Waals surface area contributed by atoms with E-state index >= 15 is 0 Å². The number of Topliss-reactive ketones (excluding diaryl/α,β-unsaturated/α-hetero) is 1. The van der Waals surface area contributed by atoms with Crippen LogP contribution < -0.4 is 0 Å². The first-order valence-corrected chi connectivity index (χ1v) is 10.5. The average Bonchev–Trinajstić information content (AvgIpc) is 2.69. The van der Waals surface area contributed by atoms with Crippen molar-refractivity contribution in [1.82, 2.24) is 4.90 Å². The predicted octanol–water partition coefficient (Wildman–Crippen LogP) is 4.27. The Labute approximate surface area is 171 Å². The van der Waals surface area contributed by atoms with Crippen molar-refractivity contribution in [3.8, 4) is 0 Å². The van der Waals surface area contributed by atoms with Crippen LogP contribution in [-0.4, -0.2) is 38.7 Å². The van der Waals surface area contributed by atoms with Gasteiger partial charge in [0.2, 0.25) is 9.84 Å². The molecule has 0 radical (unpaired) electrons. The molecule has 150 valence electrons. The van der Waals surface area contributed by atoms with Crippen molar-refractivity contribution in [2.75, 3.05) is 19.6 Å². The summed E-state index contributed by atoms with van der Waals surface area (Å²) in [5.74, 6) is -0.359. The van der Waals surface area contributed by atoms with Crippen LogP contribution in [0.15, 0.2) is 70.5 Å². The fraction of sp³-hybridized carbons (Fsp3) is 0.286. The van der Waals surface area contributed by atoms with Gasteiger partial charge in [0, 0.05) is 30.0 Å². The molecule has 0 saturated carbocycles. The Morgan fingerprint density at radius 1 is 1.04 bits per heavy atom. The van der Waals surface area contributed by atoms with E-state index in [4.69, 9.17) is 0 Å². The van der Waals surface area contributed by atoms with Gasteiger partial charge in [-0.25, -0.2) is 12.8 Å². The Morgan fingerprint density at radius 2 is 1.71 bits per heavy atom. The molecule has 2 aromatic rings. The standard InChI is InChI=1S/C21H22FNO3S.ClH/c22-18-10-8-17(9-11-18)21(24)7-4-14-23-15-12-20(13-16-23)27(25,26)19-5-2-1-3-6-19;/h1-3,5-6,8-12H,4,7,13-16H2;1H. The highest BCUT2D eigenvalue weighted by atomic mass is 35.5. The molecule has 1 aliphatic rings. The van der Waals surface area contributed by atoms with E-state index in [2.05, 4.69) is 4.90 Å². The van der Waals surface area contributed by atoms with E-state index in [1.807, 2.05) is 0 Å². The van der Waals surface area contributed by atoms with Crippen LogP contribution in [0, 0.1) is 5.82 Å². The van der Waals surface area contributed by atoms with Gasteiger partial charge in [-0.05, 0) is 55.8 Å². The topological polar surface area (TPSA) is 54.5 Å². The smallest absolute Gasteiger partial charge is 0.202 e. The largest absolute Gasteiger partial charge is 0.299 e. The van der Waals surface area contributed by atoms with Crippen LogP contribution in [0.5, 0.6) is 0 Å². The third-order valence-corrected chi connectivity index (χ3v) is 6.65. The molecule has 0 spiro atoms. The minimum absolute atomic E-state index is 0. The number of ketones is 1. The molecular weight excluding hydrogens is 401 g/mol. The molecule has 0 aromatic heterocycles. The Balaban J connectivity index is 0.00000280. The van der Waals surface area contributed by atoms with Crippen molar-refractivity contribution in [2.45, 2.75) is 24.2 Å². The Hall–Kier alpha value is -2.02. The van der Waals surface area contributed by atoms with E-state index in [-0.39, 0.29) is 24.0 Å². The van der Waals surface area contributed by atoms with Gasteiger partial charge in [0.1, 0.15) is 5.82 Å². The Bertz CT molecular complexity index is 928. The van der Waals surface area contributed by atoms with E-state index in [0.29, 0.717) is 47.7 Å². The molecule has 1 aliphatic heterocycles. The number of carbonyl (C=O) groups excluding carboxylic acids is 1. The molecule has 2 aromatic carbocycles. The molecule has 0 N–H and O–H groups in total. The first-order chi connectivity index (χ1) is 13.0. The van der Waals surface area contributed by atoms with Gasteiger partial charge in [-0.15, -0.1) is 12.4 Å². The van der Waals surface area contributed by atoms with E-state index in [1.54, 1.807) is 36.4 Å². The summed E-state index contributed by atoms with van der Waals surface area (Å²) in [5, 5.41) is 0. The third-order valence-electron chi connectivity index (χ3n) is 4.69. The first-order valence-electron chi connectivity index (χ1n) is 8.97. The second-order valence-corrected chi connectivity index (χ2v) is 8.57. The molecule has 0 saturated heterocycles. The van der Waals surface area contributed by atoms with Crippen LogP contribution in [-0.2, 0) is 9.84 Å². The lowest BCUT2D eigenvalue weighted by molar-refractivity contribution is 0.0975. The summed E-state index contributed by atoms with van der Waals surface area (Å²) < 4.78 is 38.1. The molecule has 4 nitrogen and oxygen atoms in total. The van der Waals surface area contributed by atoms with Gasteiger partial charge in [-0.2, -0.15) is 0 Å². The van der Waals surface area contributed by atoms with Crippen LogP contribution in [0.4, 0.5) is 4.39 Å². The molecular formula is C21H23ClFNO3S. The van der Waals surface area contributed by atoms with Crippen molar-refractivity contribution in [3.63, 3.8) is 0 Å². The van der Waals surface area contributed by atoms with Gasteiger partial charge in [-0.1, -0.05) is 24.3 Å². The summed E-state index contributed by atoms with van der Waals surface area (Å²) in [6.45, 7) is 1.94. The van der Waals surface area contributed by atoms with Crippen LogP contribution in [0.1, 0.15) is 29.6 Å². The van der Waals surface area contributed by atoms with E-state index < -0.39 is 9.84 Å². The molecule has 1 heterocycles. The molecule has 0 unspecified atom stereocenters. The lowest BCUT2D eigenvalue weighted by Gasteiger charge is -2.26. The summed E-state index contributed by atoms with van der Waals surface area (Å²) >= 11 is 0. The van der Waals surface area contributed by atoms with Gasteiger partial charge in [0.25, 0.3) is 0 Å². The summed E-state index contributed by atoms with van der Waals surface area (Å²) in [5.41, 5.74) is 0.520. The predicted molar refractivity (Wildman–Crippen MR) is 110 cm³/mol. The Morgan fingerprint density at radius 3 is 2.32 bits per heavy atom. The van der Waals surface area contributed by atoms with Gasteiger partial charge < -0.3 is 0 Å². The molecule has 0 atom stereocenters. The number of hydrogen-bond acceptors (Lipinski definition) is 4. The summed E-state index contributed by atoms with van der Waals surface area (Å²) in [4.78, 5) is 15.0. The zero-order valence-corrected chi connectivity index (χ0v) is 17.0. The lowest BCUT2D eigenvalue weighted by atomic mass is 10.1. The monoisotopic (exact) mass is 423 g/mol. The van der Waals surface area contributed by atoms with Crippen LogP contribution >= 0.6 is 12.4 Å². The molecule has 0 fully saturated rings. The SMILES string of the molecule is Cl.O=C(CCCN1CC=C(S(=O)(=O)c2ccccc2)CC1)c1ccc(F)cc1. The number of rotatable bonds is 7. The fourth-order valence-corrected chi connectivity index (χ4v) is 4.61. The molecule has 0 bridgehead atoms. The average molecular weight is 424 g/mol. The number of halogens is 2. The molecule has 3 rings (SSSR count). The molecule has 28 heavy (non-hydrogen) atoms. The van der Waals surface area contributed by atoms with Gasteiger partial charge in [-0.3, -0.25) is 9.69 Å². The summed E-state index contributed by atoms with van der Waals surface area (Å²) in [6.07, 6.45) is 3.32. The minimum atomic E-state index is -3.41. The lowest BCUT2D eigenvalue weighted by Crippen LogP contribution is -2.31. The summed E-state index contributed by atoms with van der Waals surface area (Å²) in [6, 6.07) is 14.1. The molecule has 0 aliphatic carbocycles. The molecule has 7 heteroatoms. The number of carbonyl (C=O) groups is 1. The zero-order valence-electron chi connectivity index (χ0n) is 15.4. The van der Waals surface area contributed by atoms with Crippen molar-refractivity contribution in [3.05, 3.63) is 77.0 Å². The van der Waals surface area contributed by atoms with Crippen LogP contribution in [0.3, 0.4) is 0 Å². The van der Waals surface area contributed by atoms with E-state index in [0.717, 1.165) is 6.54 Å². The first kappa shape index (κ1) is 22.3. The minimum Gasteiger partial charge on any atom is -0.299 e. The molecule has 0 amide bonds. The Kier molecular flexibility index (Phi) is 7.92. The number of nitrogens with zero attached hydrogens (tertiary/aromatic N) is 1. The van der Waals surface area contributed by atoms with Crippen molar-refractivity contribution in [1.29, 1.82) is 0 Å². The van der Waals surface area contributed by atoms with E-state index in [1.165, 1.54) is 24.3 Å². The summed E-state index contributed by atoms with van der Waals surface area (Å²) in [7, 11) is -3.41. The maximum Gasteiger partial charge on any atom is 0.202 e. The number of sulfone groups is 1. The fourth-order valence-electron chi connectivity index (χ4n) is 3.13. The maximum absolute atomic E-state index is 12.9. The second kappa shape index (κ2) is 9.96. The van der Waals surface area contributed by atoms with E-state index in [9.17, 15) is 17.6 Å². The second-order valence-electron chi connectivity index (χ2n) is 6.57. The van der Waals surface area contributed by atoms with Crippen LogP contribution in [0.25, 0.3) is 0 Å². The number of benzene rings is 2. The number of hydrogen-bond donors (Lipinski definition) is 0. The normalized spacial score (nSPS) is 14.8. The highest BCUT2D eigenvalue weighted by Crippen LogP contribution is 2.24. The van der Waals surface area contributed by atoms with Crippen molar-refractivity contribution in [2.24, 2.45) is 0 Å². The third kappa shape index (κ3) is 5.50. The highest BCUT2D eigenvalue weighted by molar-refractivity contribution is 7.95. The van der Waals surface area contributed by atoms with Gasteiger partial charge in [0.15, 0.2) is 5.78 Å². The zero-order chi connectivity index (χ0) is 19.3. The van der Waals surface area contributed by atoms with Gasteiger partial charge in [0.05, 0.1) is 4.90 Å². The van der Waals surface area contributed by atoms with Gasteiger partial charge >= 0.3 is 0 Å². The maximum atomic E-state index is 12.9. The van der Waals surface area contributed by atoms with Crippen molar-refractivity contribution < 1.29 is 17.6 Å². The quantitative estimate of drug-likeness (QED) is 0.624.